The van der Waals surface area contributed by atoms with Crippen molar-refractivity contribution in [3.05, 3.63) is 94.0 Å². The van der Waals surface area contributed by atoms with Crippen LogP contribution in [0, 0.1) is 0 Å². The van der Waals surface area contributed by atoms with Gasteiger partial charge in [-0.15, -0.1) is 0 Å². The molecule has 2 N–H and O–H groups in total. The van der Waals surface area contributed by atoms with E-state index >= 15 is 0 Å². The van der Waals surface area contributed by atoms with E-state index in [2.05, 4.69) is 59.5 Å². The molecule has 4 aromatic rings. The lowest BCUT2D eigenvalue weighted by molar-refractivity contribution is 0.0661. The van der Waals surface area contributed by atoms with Crippen LogP contribution in [-0.4, -0.2) is 27.5 Å². The van der Waals surface area contributed by atoms with Crippen molar-refractivity contribution in [1.29, 1.82) is 0 Å². The van der Waals surface area contributed by atoms with Crippen molar-refractivity contribution in [1.82, 2.24) is 10.1 Å². The molecule has 1 aliphatic carbocycles. The third kappa shape index (κ3) is 5.23. The summed E-state index contributed by atoms with van der Waals surface area (Å²) >= 11 is 0. The molecule has 0 aliphatic heterocycles. The zero-order valence-electron chi connectivity index (χ0n) is 19.9. The second-order valence-electron chi connectivity index (χ2n) is 9.16. The van der Waals surface area contributed by atoms with E-state index in [-0.39, 0.29) is 12.2 Å². The molecule has 6 nitrogen and oxygen atoms in total. The fraction of sp³-hybridized carbons (Fsp3) is 0.310. The maximum absolute atomic E-state index is 11.4. The summed E-state index contributed by atoms with van der Waals surface area (Å²) in [4.78, 5) is 14.1. The molecule has 1 saturated carbocycles. The Kier molecular flexibility index (Phi) is 6.82. The fourth-order valence-electron chi connectivity index (χ4n) is 4.89. The number of nitrogens with zero attached hydrogens (tertiary/aromatic N) is 1. The highest BCUT2D eigenvalue weighted by Gasteiger charge is 2.22. The highest BCUT2D eigenvalue weighted by Crippen LogP contribution is 2.33. The number of aryl methyl sites for hydroxylation is 1. The maximum atomic E-state index is 11.4. The molecule has 1 fully saturated rings. The van der Waals surface area contributed by atoms with Crippen molar-refractivity contribution in [3.63, 3.8) is 0 Å². The summed E-state index contributed by atoms with van der Waals surface area (Å²) < 4.78 is 11.2. The van der Waals surface area contributed by atoms with E-state index in [1.807, 2.05) is 24.3 Å². The largest absolute Gasteiger partial charge is 0.490 e. The monoisotopic (exact) mass is 470 g/mol. The van der Waals surface area contributed by atoms with Crippen LogP contribution in [0.1, 0.15) is 49.3 Å². The van der Waals surface area contributed by atoms with Crippen molar-refractivity contribution in [2.24, 2.45) is 0 Å². The molecule has 1 aromatic heterocycles. The van der Waals surface area contributed by atoms with Gasteiger partial charge in [0, 0.05) is 17.5 Å². The van der Waals surface area contributed by atoms with E-state index in [9.17, 15) is 9.90 Å². The van der Waals surface area contributed by atoms with Gasteiger partial charge in [0.2, 0.25) is 0 Å². The Hall–Kier alpha value is -3.64. The smallest absolute Gasteiger partial charge is 0.439 e. The van der Waals surface area contributed by atoms with Gasteiger partial charge in [0.1, 0.15) is 5.75 Å². The number of ether oxygens (including phenoxy) is 1. The van der Waals surface area contributed by atoms with Crippen LogP contribution in [-0.2, 0) is 12.8 Å². The minimum atomic E-state index is -0.567. The molecule has 3 aromatic carbocycles. The first-order valence-electron chi connectivity index (χ1n) is 12.3. The molecule has 1 aliphatic rings. The van der Waals surface area contributed by atoms with Gasteiger partial charge in [-0.05, 0) is 60.4 Å². The lowest BCUT2D eigenvalue weighted by atomic mass is 9.93. The highest BCUT2D eigenvalue weighted by atomic mass is 16.5. The average molecular weight is 471 g/mol. The van der Waals surface area contributed by atoms with Crippen LogP contribution in [0.5, 0.6) is 5.75 Å². The molecule has 0 atom stereocenters. The number of aliphatic hydroxyl groups is 1. The molecule has 0 bridgehead atoms. The predicted molar refractivity (Wildman–Crippen MR) is 136 cm³/mol. The maximum Gasteiger partial charge on any atom is 0.439 e. The first-order chi connectivity index (χ1) is 17.1. The number of H-pyrrole nitrogens is 1. The van der Waals surface area contributed by atoms with Crippen molar-refractivity contribution in [2.75, 3.05) is 0 Å². The van der Waals surface area contributed by atoms with Crippen LogP contribution in [0.4, 0.5) is 0 Å². The number of hydrogen-bond donors (Lipinski definition) is 2. The van der Waals surface area contributed by atoms with Gasteiger partial charge in [-0.25, -0.2) is 4.79 Å². The van der Waals surface area contributed by atoms with Gasteiger partial charge >= 0.3 is 5.76 Å². The van der Waals surface area contributed by atoms with Crippen LogP contribution in [0.3, 0.4) is 0 Å². The third-order valence-corrected chi connectivity index (χ3v) is 6.82. The molecule has 35 heavy (non-hydrogen) atoms. The molecule has 0 unspecified atom stereocenters. The summed E-state index contributed by atoms with van der Waals surface area (Å²) in [5, 5.41) is 13.7. The second kappa shape index (κ2) is 10.3. The van der Waals surface area contributed by atoms with Crippen LogP contribution < -0.4 is 10.5 Å². The third-order valence-electron chi connectivity index (χ3n) is 6.82. The summed E-state index contributed by atoms with van der Waals surface area (Å²) in [5.41, 5.74) is 6.55. The topological polar surface area (TPSA) is 88.3 Å². The van der Waals surface area contributed by atoms with Gasteiger partial charge in [-0.3, -0.25) is 9.51 Å². The van der Waals surface area contributed by atoms with Crippen LogP contribution in [0.25, 0.3) is 22.5 Å². The van der Waals surface area contributed by atoms with Crippen molar-refractivity contribution in [3.8, 4) is 28.3 Å². The summed E-state index contributed by atoms with van der Waals surface area (Å²) in [7, 11) is 0. The zero-order chi connectivity index (χ0) is 24.2. The van der Waals surface area contributed by atoms with Crippen LogP contribution in [0.2, 0.25) is 0 Å². The number of nitrogens with one attached hydrogen (secondary N) is 1. The van der Waals surface area contributed by atoms with E-state index in [1.54, 1.807) is 0 Å². The van der Waals surface area contributed by atoms with E-state index in [1.165, 1.54) is 16.7 Å². The Morgan fingerprint density at radius 1 is 0.971 bits per heavy atom. The number of aliphatic hydroxyl groups excluding tert-OH is 1. The number of aromatic nitrogens is 2. The molecule has 5 rings (SSSR count). The molecule has 0 saturated heterocycles. The average Bonchev–Trinajstić information content (AvgIpc) is 3.33. The molecular formula is C29H30N2O4. The molecular weight excluding hydrogens is 440 g/mol. The minimum Gasteiger partial charge on any atom is -0.490 e. The Morgan fingerprint density at radius 2 is 1.71 bits per heavy atom. The minimum absolute atomic E-state index is 0.158. The Balaban J connectivity index is 1.39. The molecule has 0 radical (unpaired) electrons. The Morgan fingerprint density at radius 3 is 2.40 bits per heavy atom. The summed E-state index contributed by atoms with van der Waals surface area (Å²) in [6, 6.07) is 22.6. The van der Waals surface area contributed by atoms with Crippen molar-refractivity contribution >= 4 is 0 Å². The van der Waals surface area contributed by atoms with E-state index in [4.69, 9.17) is 9.26 Å². The number of rotatable bonds is 7. The van der Waals surface area contributed by atoms with Crippen LogP contribution >= 0.6 is 0 Å². The molecule has 6 heteroatoms. The first-order valence-corrected chi connectivity index (χ1v) is 12.3. The highest BCUT2D eigenvalue weighted by molar-refractivity contribution is 5.80. The second-order valence-corrected chi connectivity index (χ2v) is 9.16. The molecule has 0 amide bonds. The lowest BCUT2D eigenvalue weighted by Crippen LogP contribution is -2.26. The van der Waals surface area contributed by atoms with Gasteiger partial charge in [-0.2, -0.15) is 0 Å². The van der Waals surface area contributed by atoms with Gasteiger partial charge in [-0.1, -0.05) is 72.7 Å². The standard InChI is InChI=1S/C29H30N2O4/c1-2-20-6-5-9-27(34-23-16-14-22(32)15-17-23)26(20)18-19-10-12-21(13-11-19)24-7-3-4-8-25(24)28-30-29(33)35-31-28/h3-13,22-23,32H,2,14-18H2,1H3,(H,30,31,33). The van der Waals surface area contributed by atoms with Crippen molar-refractivity contribution < 1.29 is 14.4 Å². The Bertz CT molecular complexity index is 1330. The number of benzene rings is 3. The van der Waals surface area contributed by atoms with E-state index < -0.39 is 5.76 Å². The number of hydrogen-bond acceptors (Lipinski definition) is 5. The molecule has 180 valence electrons. The van der Waals surface area contributed by atoms with Gasteiger partial charge in [0.15, 0.2) is 5.82 Å². The molecule has 0 spiro atoms. The summed E-state index contributed by atoms with van der Waals surface area (Å²) in [6.07, 6.45) is 5.08. The normalized spacial score (nSPS) is 17.9. The number of aromatic amines is 1. The SMILES string of the molecule is CCc1cccc(OC2CCC(O)CC2)c1Cc1ccc(-c2ccccc2-c2noc(=O)[nH]2)cc1. The quantitative estimate of drug-likeness (QED) is 0.371. The molecule has 1 heterocycles. The van der Waals surface area contributed by atoms with Gasteiger partial charge in [0.05, 0.1) is 12.2 Å². The summed E-state index contributed by atoms with van der Waals surface area (Å²) in [6.45, 7) is 2.17. The lowest BCUT2D eigenvalue weighted by Gasteiger charge is -2.27. The van der Waals surface area contributed by atoms with Gasteiger partial charge < -0.3 is 9.84 Å². The van der Waals surface area contributed by atoms with E-state index in [0.717, 1.165) is 61.0 Å². The predicted octanol–water partition coefficient (Wildman–Crippen LogP) is 5.53. The van der Waals surface area contributed by atoms with Gasteiger partial charge in [0.25, 0.3) is 0 Å². The summed E-state index contributed by atoms with van der Waals surface area (Å²) in [5.74, 6) is 0.806. The van der Waals surface area contributed by atoms with E-state index in [0.29, 0.717) is 5.82 Å². The van der Waals surface area contributed by atoms with Crippen molar-refractivity contribution in [2.45, 2.75) is 57.7 Å². The van der Waals surface area contributed by atoms with Crippen LogP contribution in [0.15, 0.2) is 76.0 Å². The fourth-order valence-corrected chi connectivity index (χ4v) is 4.89. The Labute approximate surface area is 204 Å². The first kappa shape index (κ1) is 23.1. The zero-order valence-corrected chi connectivity index (χ0v) is 19.9.